The molecule has 1 amide bonds. The minimum absolute atomic E-state index is 0.112. The van der Waals surface area contributed by atoms with Crippen molar-refractivity contribution in [3.63, 3.8) is 0 Å². The molecule has 0 atom stereocenters. The summed E-state index contributed by atoms with van der Waals surface area (Å²) < 4.78 is 2.46. The van der Waals surface area contributed by atoms with Gasteiger partial charge in [0.25, 0.3) is 11.5 Å². The van der Waals surface area contributed by atoms with Gasteiger partial charge in [0, 0.05) is 31.4 Å². The van der Waals surface area contributed by atoms with Crippen LogP contribution in [0.3, 0.4) is 0 Å². The summed E-state index contributed by atoms with van der Waals surface area (Å²) in [5.41, 5.74) is 1.21. The van der Waals surface area contributed by atoms with E-state index in [1.54, 1.807) is 30.5 Å². The van der Waals surface area contributed by atoms with Gasteiger partial charge >= 0.3 is 0 Å². The topological polar surface area (TPSA) is 68.1 Å². The molecule has 0 radical (unpaired) electrons. The lowest BCUT2D eigenvalue weighted by molar-refractivity contribution is 0.0707. The summed E-state index contributed by atoms with van der Waals surface area (Å²) in [6, 6.07) is 15.4. The van der Waals surface area contributed by atoms with Gasteiger partial charge in [0.1, 0.15) is 0 Å². The highest BCUT2D eigenvalue weighted by molar-refractivity contribution is 7.18. The van der Waals surface area contributed by atoms with Gasteiger partial charge in [0.2, 0.25) is 0 Å². The molecular formula is C22H20N4O2S. The van der Waals surface area contributed by atoms with Crippen molar-refractivity contribution in [1.82, 2.24) is 19.7 Å². The Bertz CT molecular complexity index is 1250. The van der Waals surface area contributed by atoms with E-state index < -0.39 is 0 Å². The first-order valence-corrected chi connectivity index (χ1v) is 10.5. The van der Waals surface area contributed by atoms with Crippen molar-refractivity contribution in [2.45, 2.75) is 18.8 Å². The molecule has 0 N–H and O–H groups in total. The number of aromatic nitrogens is 3. The van der Waals surface area contributed by atoms with Gasteiger partial charge in [0.15, 0.2) is 5.69 Å². The molecule has 0 spiro atoms. The molecule has 5 rings (SSSR count). The monoisotopic (exact) mass is 404 g/mol. The van der Waals surface area contributed by atoms with Gasteiger partial charge in [-0.25, -0.2) is 9.67 Å². The summed E-state index contributed by atoms with van der Waals surface area (Å²) in [5.74, 6) is 0.265. The van der Waals surface area contributed by atoms with Gasteiger partial charge < -0.3 is 4.90 Å². The van der Waals surface area contributed by atoms with Gasteiger partial charge in [-0.05, 0) is 31.0 Å². The second kappa shape index (κ2) is 7.08. The Hall–Kier alpha value is -3.06. The number of piperidine rings is 1. The smallest absolute Gasteiger partial charge is 0.274 e. The number of hydrogen-bond acceptors (Lipinski definition) is 5. The molecule has 1 aliphatic heterocycles. The number of thiazole rings is 1. The molecule has 4 aromatic rings. The van der Waals surface area contributed by atoms with E-state index in [4.69, 9.17) is 4.98 Å². The Labute approximate surface area is 171 Å². The van der Waals surface area contributed by atoms with Crippen LogP contribution in [0.25, 0.3) is 21.0 Å². The first-order valence-electron chi connectivity index (χ1n) is 9.72. The van der Waals surface area contributed by atoms with Crippen molar-refractivity contribution in [2.24, 2.45) is 7.05 Å². The summed E-state index contributed by atoms with van der Waals surface area (Å²) in [6.45, 7) is 1.33. The van der Waals surface area contributed by atoms with Crippen LogP contribution in [0.1, 0.15) is 34.3 Å². The summed E-state index contributed by atoms with van der Waals surface area (Å²) in [6.07, 6.45) is 1.77. The van der Waals surface area contributed by atoms with Crippen LogP contribution in [-0.4, -0.2) is 38.7 Å². The number of hydrogen-bond donors (Lipinski definition) is 0. The van der Waals surface area contributed by atoms with Crippen molar-refractivity contribution < 1.29 is 4.79 Å². The fourth-order valence-electron chi connectivity index (χ4n) is 4.00. The fourth-order valence-corrected chi connectivity index (χ4v) is 5.14. The van der Waals surface area contributed by atoms with Crippen LogP contribution >= 0.6 is 11.3 Å². The number of rotatable bonds is 2. The third kappa shape index (κ3) is 3.11. The Morgan fingerprint density at radius 1 is 1.03 bits per heavy atom. The van der Waals surface area contributed by atoms with E-state index in [-0.39, 0.29) is 11.5 Å². The quantitative estimate of drug-likeness (QED) is 0.512. The number of fused-ring (bicyclic) bond motifs is 2. The lowest BCUT2D eigenvalue weighted by Crippen LogP contribution is -2.39. The highest BCUT2D eigenvalue weighted by Gasteiger charge is 2.28. The van der Waals surface area contributed by atoms with E-state index in [2.05, 4.69) is 11.2 Å². The lowest BCUT2D eigenvalue weighted by Gasteiger charge is -2.31. The van der Waals surface area contributed by atoms with E-state index in [1.807, 2.05) is 35.2 Å². The number of amides is 1. The standard InChI is InChI=1S/C22H20N4O2S/c1-25-21(27)16-7-3-2-6-15(16)19(24-25)22(28)26-12-10-14(11-13-26)20-23-17-8-4-5-9-18(17)29-20/h2-9,14H,10-13H2,1H3. The molecule has 6 nitrogen and oxygen atoms in total. The number of benzene rings is 2. The van der Waals surface area contributed by atoms with Crippen LogP contribution in [0.4, 0.5) is 0 Å². The molecule has 7 heteroatoms. The zero-order valence-corrected chi connectivity index (χ0v) is 16.9. The van der Waals surface area contributed by atoms with Gasteiger partial charge in [-0.1, -0.05) is 30.3 Å². The maximum atomic E-state index is 13.2. The summed E-state index contributed by atoms with van der Waals surface area (Å²) in [7, 11) is 1.59. The zero-order chi connectivity index (χ0) is 20.0. The van der Waals surface area contributed by atoms with Crippen molar-refractivity contribution in [3.05, 3.63) is 69.6 Å². The predicted molar refractivity (Wildman–Crippen MR) is 114 cm³/mol. The van der Waals surface area contributed by atoms with E-state index >= 15 is 0 Å². The highest BCUT2D eigenvalue weighted by atomic mass is 32.1. The van der Waals surface area contributed by atoms with Crippen LogP contribution in [0.2, 0.25) is 0 Å². The first kappa shape index (κ1) is 18.0. The third-order valence-electron chi connectivity index (χ3n) is 5.60. The Kier molecular flexibility index (Phi) is 4.39. The molecule has 1 aliphatic rings. The zero-order valence-electron chi connectivity index (χ0n) is 16.0. The number of para-hydroxylation sites is 1. The van der Waals surface area contributed by atoms with Gasteiger partial charge in [0.05, 0.1) is 20.6 Å². The van der Waals surface area contributed by atoms with E-state index in [0.29, 0.717) is 35.5 Å². The predicted octanol–water partition coefficient (Wildman–Crippen LogP) is 3.56. The molecule has 29 heavy (non-hydrogen) atoms. The van der Waals surface area contributed by atoms with Crippen LogP contribution < -0.4 is 5.56 Å². The summed E-state index contributed by atoms with van der Waals surface area (Å²) in [5, 5.41) is 6.59. The Morgan fingerprint density at radius 3 is 2.48 bits per heavy atom. The molecular weight excluding hydrogens is 384 g/mol. The van der Waals surface area contributed by atoms with Crippen molar-refractivity contribution in [1.29, 1.82) is 0 Å². The maximum Gasteiger partial charge on any atom is 0.274 e. The molecule has 0 unspecified atom stereocenters. The van der Waals surface area contributed by atoms with E-state index in [0.717, 1.165) is 23.4 Å². The van der Waals surface area contributed by atoms with Gasteiger partial charge in [-0.15, -0.1) is 11.3 Å². The van der Waals surface area contributed by atoms with Crippen LogP contribution in [-0.2, 0) is 7.05 Å². The molecule has 3 heterocycles. The second-order valence-corrected chi connectivity index (χ2v) is 8.47. The number of nitrogens with zero attached hydrogens (tertiary/aromatic N) is 4. The second-order valence-electron chi connectivity index (χ2n) is 7.41. The van der Waals surface area contributed by atoms with Crippen LogP contribution in [0.15, 0.2) is 53.3 Å². The maximum absolute atomic E-state index is 13.2. The van der Waals surface area contributed by atoms with Gasteiger partial charge in [-0.3, -0.25) is 9.59 Å². The molecule has 1 fully saturated rings. The third-order valence-corrected chi connectivity index (χ3v) is 6.80. The fraction of sp³-hybridized carbons (Fsp3) is 0.273. The van der Waals surface area contributed by atoms with Crippen LogP contribution in [0, 0.1) is 0 Å². The van der Waals surface area contributed by atoms with Crippen molar-refractivity contribution >= 4 is 38.2 Å². The van der Waals surface area contributed by atoms with E-state index in [9.17, 15) is 9.59 Å². The minimum Gasteiger partial charge on any atom is -0.337 e. The average molecular weight is 404 g/mol. The molecule has 2 aromatic carbocycles. The molecule has 0 bridgehead atoms. The molecule has 0 aliphatic carbocycles. The van der Waals surface area contributed by atoms with Crippen molar-refractivity contribution in [3.8, 4) is 0 Å². The van der Waals surface area contributed by atoms with Crippen molar-refractivity contribution in [2.75, 3.05) is 13.1 Å². The van der Waals surface area contributed by atoms with E-state index in [1.165, 1.54) is 9.38 Å². The first-order chi connectivity index (χ1) is 14.1. The Balaban J connectivity index is 1.38. The number of aryl methyl sites for hydroxylation is 1. The number of carbonyl (C=O) groups is 1. The SMILES string of the molecule is Cn1nc(C(=O)N2CCC(c3nc4ccccc4s3)CC2)c2ccccc2c1=O. The molecule has 2 aromatic heterocycles. The largest absolute Gasteiger partial charge is 0.337 e. The molecule has 0 saturated carbocycles. The summed E-state index contributed by atoms with van der Waals surface area (Å²) >= 11 is 1.75. The number of carbonyl (C=O) groups excluding carboxylic acids is 1. The molecule has 1 saturated heterocycles. The molecule has 146 valence electrons. The van der Waals surface area contributed by atoms with Crippen LogP contribution in [0.5, 0.6) is 0 Å². The summed E-state index contributed by atoms with van der Waals surface area (Å²) in [4.78, 5) is 32.2. The lowest BCUT2D eigenvalue weighted by atomic mass is 9.97. The normalized spacial score (nSPS) is 15.3. The Morgan fingerprint density at radius 2 is 1.72 bits per heavy atom. The average Bonchev–Trinajstić information content (AvgIpc) is 3.20. The minimum atomic E-state index is -0.188. The highest BCUT2D eigenvalue weighted by Crippen LogP contribution is 2.34. The number of likely N-dealkylation sites (tertiary alicyclic amines) is 1. The van der Waals surface area contributed by atoms with Gasteiger partial charge in [-0.2, -0.15) is 5.10 Å².